The summed E-state index contributed by atoms with van der Waals surface area (Å²) in [4.78, 5) is 22.0. The van der Waals surface area contributed by atoms with Crippen LogP contribution in [0.5, 0.6) is 0 Å². The van der Waals surface area contributed by atoms with Crippen molar-refractivity contribution >= 4 is 33.3 Å². The smallest absolute Gasteiger partial charge is 0.232 e. The highest BCUT2D eigenvalue weighted by Crippen LogP contribution is 2.31. The third-order valence-corrected chi connectivity index (χ3v) is 4.82. The minimum atomic E-state index is -0.180. The number of para-hydroxylation sites is 1. The van der Waals surface area contributed by atoms with E-state index in [4.69, 9.17) is 4.52 Å². The lowest BCUT2D eigenvalue weighted by Gasteiger charge is -1.99. The van der Waals surface area contributed by atoms with Gasteiger partial charge >= 0.3 is 0 Å². The standard InChI is InChI=1S/C18H14N4O2S/c1-11-17(13-7-4-5-9-19-13)25-18(20-11)21-16(23)10-14-12-6-2-3-8-15(12)24-22-14/h2-9H,10H2,1H3,(H,20,21,23). The van der Waals surface area contributed by atoms with Crippen molar-refractivity contribution in [1.82, 2.24) is 15.1 Å². The van der Waals surface area contributed by atoms with Gasteiger partial charge in [0.1, 0.15) is 5.69 Å². The van der Waals surface area contributed by atoms with Crippen LogP contribution in [0, 0.1) is 6.92 Å². The summed E-state index contributed by atoms with van der Waals surface area (Å²) >= 11 is 1.41. The molecule has 1 aromatic carbocycles. The number of hydrogen-bond donors (Lipinski definition) is 1. The van der Waals surface area contributed by atoms with Crippen LogP contribution >= 0.6 is 11.3 Å². The van der Waals surface area contributed by atoms with Gasteiger partial charge in [-0.3, -0.25) is 9.78 Å². The third kappa shape index (κ3) is 3.14. The summed E-state index contributed by atoms with van der Waals surface area (Å²) < 4.78 is 5.23. The Labute approximate surface area is 147 Å². The van der Waals surface area contributed by atoms with Gasteiger partial charge < -0.3 is 9.84 Å². The van der Waals surface area contributed by atoms with E-state index in [2.05, 4.69) is 20.4 Å². The van der Waals surface area contributed by atoms with Crippen molar-refractivity contribution in [3.63, 3.8) is 0 Å². The molecule has 0 fully saturated rings. The van der Waals surface area contributed by atoms with E-state index in [1.807, 2.05) is 49.4 Å². The van der Waals surface area contributed by atoms with E-state index in [1.54, 1.807) is 6.20 Å². The second kappa shape index (κ2) is 6.45. The Bertz CT molecular complexity index is 1040. The normalized spacial score (nSPS) is 10.9. The topological polar surface area (TPSA) is 80.9 Å². The summed E-state index contributed by atoms with van der Waals surface area (Å²) in [6.07, 6.45) is 1.87. The molecule has 4 aromatic rings. The molecule has 7 heteroatoms. The van der Waals surface area contributed by atoms with Crippen LogP contribution in [0.1, 0.15) is 11.4 Å². The van der Waals surface area contributed by atoms with Gasteiger partial charge in [0, 0.05) is 11.6 Å². The molecular formula is C18H14N4O2S. The van der Waals surface area contributed by atoms with Crippen LogP contribution in [0.3, 0.4) is 0 Å². The molecule has 0 aliphatic heterocycles. The molecule has 0 saturated heterocycles. The van der Waals surface area contributed by atoms with Crippen LogP contribution in [-0.2, 0) is 11.2 Å². The van der Waals surface area contributed by atoms with E-state index in [9.17, 15) is 4.79 Å². The van der Waals surface area contributed by atoms with Gasteiger partial charge in [-0.05, 0) is 31.2 Å². The molecular weight excluding hydrogens is 336 g/mol. The zero-order valence-electron chi connectivity index (χ0n) is 13.4. The number of benzene rings is 1. The SMILES string of the molecule is Cc1nc(NC(=O)Cc2noc3ccccc23)sc1-c1ccccn1. The number of carbonyl (C=O) groups is 1. The molecule has 6 nitrogen and oxygen atoms in total. The molecule has 0 unspecified atom stereocenters. The van der Waals surface area contributed by atoms with E-state index < -0.39 is 0 Å². The number of thiazole rings is 1. The average molecular weight is 350 g/mol. The Kier molecular flexibility index (Phi) is 3.99. The van der Waals surface area contributed by atoms with Gasteiger partial charge in [0.2, 0.25) is 5.91 Å². The van der Waals surface area contributed by atoms with Crippen molar-refractivity contribution in [2.45, 2.75) is 13.3 Å². The van der Waals surface area contributed by atoms with E-state index in [0.29, 0.717) is 16.4 Å². The molecule has 4 rings (SSSR count). The van der Waals surface area contributed by atoms with Crippen molar-refractivity contribution in [3.8, 4) is 10.6 Å². The van der Waals surface area contributed by atoms with Gasteiger partial charge in [0.05, 0.1) is 22.7 Å². The van der Waals surface area contributed by atoms with E-state index in [0.717, 1.165) is 21.7 Å². The number of fused-ring (bicyclic) bond motifs is 1. The molecule has 3 aromatic heterocycles. The van der Waals surface area contributed by atoms with Crippen LogP contribution in [0.2, 0.25) is 0 Å². The summed E-state index contributed by atoms with van der Waals surface area (Å²) in [5.41, 5.74) is 2.98. The minimum Gasteiger partial charge on any atom is -0.356 e. The van der Waals surface area contributed by atoms with Gasteiger partial charge in [0.15, 0.2) is 10.7 Å². The van der Waals surface area contributed by atoms with Crippen LogP contribution in [0.15, 0.2) is 53.2 Å². The van der Waals surface area contributed by atoms with Crippen LogP contribution in [-0.4, -0.2) is 21.0 Å². The molecule has 124 valence electrons. The first-order chi connectivity index (χ1) is 12.2. The van der Waals surface area contributed by atoms with E-state index in [1.165, 1.54) is 11.3 Å². The van der Waals surface area contributed by atoms with Gasteiger partial charge in [-0.15, -0.1) is 0 Å². The highest BCUT2D eigenvalue weighted by molar-refractivity contribution is 7.19. The second-order valence-corrected chi connectivity index (χ2v) is 6.50. The monoisotopic (exact) mass is 350 g/mol. The largest absolute Gasteiger partial charge is 0.356 e. The van der Waals surface area contributed by atoms with Gasteiger partial charge in [-0.2, -0.15) is 0 Å². The zero-order chi connectivity index (χ0) is 17.2. The second-order valence-electron chi connectivity index (χ2n) is 5.50. The van der Waals surface area contributed by atoms with Crippen LogP contribution in [0.25, 0.3) is 21.5 Å². The summed E-state index contributed by atoms with van der Waals surface area (Å²) in [6.45, 7) is 1.90. The molecule has 1 amide bonds. The van der Waals surface area contributed by atoms with E-state index in [-0.39, 0.29) is 12.3 Å². The highest BCUT2D eigenvalue weighted by atomic mass is 32.1. The maximum absolute atomic E-state index is 12.3. The number of carbonyl (C=O) groups excluding carboxylic acids is 1. The number of nitrogens with one attached hydrogen (secondary N) is 1. The molecule has 0 spiro atoms. The number of rotatable bonds is 4. The molecule has 3 heterocycles. The van der Waals surface area contributed by atoms with Crippen molar-refractivity contribution in [3.05, 3.63) is 60.0 Å². The molecule has 0 radical (unpaired) electrons. The van der Waals surface area contributed by atoms with Crippen molar-refractivity contribution in [2.75, 3.05) is 5.32 Å². The van der Waals surface area contributed by atoms with Crippen molar-refractivity contribution in [1.29, 1.82) is 0 Å². The number of amides is 1. The first-order valence-corrected chi connectivity index (χ1v) is 8.54. The fourth-order valence-electron chi connectivity index (χ4n) is 2.57. The third-order valence-electron chi connectivity index (χ3n) is 3.72. The molecule has 0 bridgehead atoms. The molecule has 0 aliphatic carbocycles. The van der Waals surface area contributed by atoms with Crippen molar-refractivity contribution < 1.29 is 9.32 Å². The Morgan fingerprint density at radius 3 is 2.88 bits per heavy atom. The average Bonchev–Trinajstić information content (AvgIpc) is 3.19. The number of aromatic nitrogens is 3. The Morgan fingerprint density at radius 1 is 1.20 bits per heavy atom. The lowest BCUT2D eigenvalue weighted by molar-refractivity contribution is -0.115. The number of nitrogens with zero attached hydrogens (tertiary/aromatic N) is 3. The van der Waals surface area contributed by atoms with Gasteiger partial charge in [-0.1, -0.05) is 34.7 Å². The Balaban J connectivity index is 1.52. The number of anilines is 1. The molecule has 0 saturated carbocycles. The number of hydrogen-bond acceptors (Lipinski definition) is 6. The van der Waals surface area contributed by atoms with E-state index >= 15 is 0 Å². The first kappa shape index (κ1) is 15.5. The van der Waals surface area contributed by atoms with Gasteiger partial charge in [-0.25, -0.2) is 4.98 Å². The predicted octanol–water partition coefficient (Wildman–Crippen LogP) is 3.84. The lowest BCUT2D eigenvalue weighted by Crippen LogP contribution is -2.14. The predicted molar refractivity (Wildman–Crippen MR) is 96.4 cm³/mol. The summed E-state index contributed by atoms with van der Waals surface area (Å²) in [6, 6.07) is 13.2. The maximum atomic E-state index is 12.3. The quantitative estimate of drug-likeness (QED) is 0.605. The van der Waals surface area contributed by atoms with Crippen molar-refractivity contribution in [2.24, 2.45) is 0 Å². The van der Waals surface area contributed by atoms with Crippen LogP contribution < -0.4 is 5.32 Å². The summed E-state index contributed by atoms with van der Waals surface area (Å²) in [7, 11) is 0. The fourth-order valence-corrected chi connectivity index (χ4v) is 3.53. The van der Waals surface area contributed by atoms with Crippen LogP contribution in [0.4, 0.5) is 5.13 Å². The lowest BCUT2D eigenvalue weighted by atomic mass is 10.2. The maximum Gasteiger partial charge on any atom is 0.232 e. The Morgan fingerprint density at radius 2 is 2.04 bits per heavy atom. The minimum absolute atomic E-state index is 0.133. The highest BCUT2D eigenvalue weighted by Gasteiger charge is 2.15. The first-order valence-electron chi connectivity index (χ1n) is 7.72. The van der Waals surface area contributed by atoms with Gasteiger partial charge in [0.25, 0.3) is 0 Å². The molecule has 0 aliphatic rings. The number of aryl methyl sites for hydroxylation is 1. The molecule has 1 N–H and O–H groups in total. The summed E-state index contributed by atoms with van der Waals surface area (Å²) in [5.74, 6) is -0.180. The summed E-state index contributed by atoms with van der Waals surface area (Å²) in [5, 5.41) is 8.22. The molecule has 0 atom stereocenters. The molecule has 25 heavy (non-hydrogen) atoms. The zero-order valence-corrected chi connectivity index (χ0v) is 14.2. The fraction of sp³-hybridized carbons (Fsp3) is 0.111. The number of pyridine rings is 1. The Hall–Kier alpha value is -3.06.